The zero-order valence-corrected chi connectivity index (χ0v) is 14.2. The smallest absolute Gasteiger partial charge is 0.250 e. The van der Waals surface area contributed by atoms with E-state index in [0.29, 0.717) is 5.95 Å². The number of carbonyl (C=O) groups excluding carboxylic acids is 1. The van der Waals surface area contributed by atoms with Gasteiger partial charge in [0, 0.05) is 6.92 Å². The van der Waals surface area contributed by atoms with Gasteiger partial charge in [-0.3, -0.25) is 10.1 Å². The Morgan fingerprint density at radius 2 is 1.88 bits per heavy atom. The molecule has 0 aliphatic carbocycles. The van der Waals surface area contributed by atoms with Gasteiger partial charge in [-0.25, -0.2) is 9.07 Å². The van der Waals surface area contributed by atoms with E-state index in [0.717, 1.165) is 17.5 Å². The maximum Gasteiger partial charge on any atom is 0.250 e. The van der Waals surface area contributed by atoms with E-state index in [1.807, 2.05) is 18.2 Å². The number of halogens is 1. The van der Waals surface area contributed by atoms with Gasteiger partial charge >= 0.3 is 0 Å². The van der Waals surface area contributed by atoms with Crippen LogP contribution in [0.4, 0.5) is 16.3 Å². The average Bonchev–Trinajstić information content (AvgIpc) is 3.04. The maximum atomic E-state index is 13.3. The van der Waals surface area contributed by atoms with E-state index < -0.39 is 0 Å². The predicted molar refractivity (Wildman–Crippen MR) is 96.3 cm³/mol. The number of rotatable bonds is 3. The Kier molecular flexibility index (Phi) is 4.12. The molecular formula is C19H18FN5O. The quantitative estimate of drug-likeness (QED) is 0.757. The van der Waals surface area contributed by atoms with Crippen LogP contribution in [0.25, 0.3) is 0 Å². The number of amides is 1. The van der Waals surface area contributed by atoms with Crippen molar-refractivity contribution >= 4 is 17.8 Å². The monoisotopic (exact) mass is 351 g/mol. The molecule has 3 aromatic rings. The average molecular weight is 351 g/mol. The van der Waals surface area contributed by atoms with Crippen LogP contribution in [0.1, 0.15) is 36.6 Å². The summed E-state index contributed by atoms with van der Waals surface area (Å²) in [5, 5.41) is 10.4. The van der Waals surface area contributed by atoms with Crippen molar-refractivity contribution in [3.63, 3.8) is 0 Å². The molecule has 0 saturated carbocycles. The molecule has 1 aromatic heterocycles. The van der Waals surface area contributed by atoms with E-state index in [1.54, 1.807) is 16.8 Å². The van der Waals surface area contributed by atoms with Crippen molar-refractivity contribution in [1.29, 1.82) is 0 Å². The molecule has 2 N–H and O–H groups in total. The lowest BCUT2D eigenvalue weighted by Gasteiger charge is -2.31. The van der Waals surface area contributed by atoms with E-state index in [1.165, 1.54) is 19.1 Å². The first-order valence-corrected chi connectivity index (χ1v) is 8.41. The van der Waals surface area contributed by atoms with Gasteiger partial charge in [0.25, 0.3) is 5.95 Å². The molecule has 4 rings (SSSR count). The first kappa shape index (κ1) is 16.3. The van der Waals surface area contributed by atoms with Gasteiger partial charge in [0.05, 0.1) is 12.1 Å². The number of aromatic nitrogens is 3. The first-order valence-electron chi connectivity index (χ1n) is 8.41. The van der Waals surface area contributed by atoms with E-state index >= 15 is 0 Å². The largest absolute Gasteiger partial charge is 0.347 e. The van der Waals surface area contributed by atoms with Gasteiger partial charge in [0.2, 0.25) is 11.9 Å². The molecule has 132 valence electrons. The van der Waals surface area contributed by atoms with Gasteiger partial charge in [-0.2, -0.15) is 4.98 Å². The molecule has 0 bridgehead atoms. The summed E-state index contributed by atoms with van der Waals surface area (Å²) in [6.45, 7) is 1.41. The highest BCUT2D eigenvalue weighted by atomic mass is 19.1. The van der Waals surface area contributed by atoms with E-state index in [2.05, 4.69) is 32.8 Å². The van der Waals surface area contributed by atoms with Crippen LogP contribution in [0, 0.1) is 5.82 Å². The zero-order valence-electron chi connectivity index (χ0n) is 14.2. The number of hydrogen-bond acceptors (Lipinski definition) is 4. The molecular weight excluding hydrogens is 333 g/mol. The molecule has 1 aliphatic rings. The normalized spacial score (nSPS) is 18.7. The van der Waals surface area contributed by atoms with Gasteiger partial charge < -0.3 is 5.32 Å². The second kappa shape index (κ2) is 6.59. The summed E-state index contributed by atoms with van der Waals surface area (Å²) in [6, 6.07) is 16.4. The van der Waals surface area contributed by atoms with Crippen LogP contribution in [0.2, 0.25) is 0 Å². The Labute approximate surface area is 150 Å². The van der Waals surface area contributed by atoms with Crippen LogP contribution in [0.5, 0.6) is 0 Å². The molecule has 2 heterocycles. The van der Waals surface area contributed by atoms with Crippen molar-refractivity contribution in [1.82, 2.24) is 14.8 Å². The van der Waals surface area contributed by atoms with Crippen molar-refractivity contribution in [2.75, 3.05) is 10.6 Å². The number of nitrogens with zero attached hydrogens (tertiary/aromatic N) is 3. The summed E-state index contributed by atoms with van der Waals surface area (Å²) in [6.07, 6.45) is 0.728. The summed E-state index contributed by atoms with van der Waals surface area (Å²) in [7, 11) is 0. The molecule has 0 fully saturated rings. The number of carbonyl (C=O) groups is 1. The van der Waals surface area contributed by atoms with Crippen LogP contribution in [0.3, 0.4) is 0 Å². The van der Waals surface area contributed by atoms with Gasteiger partial charge in [-0.05, 0) is 29.7 Å². The standard InChI is InChI=1S/C19H18FN5O/c1-12(26)21-18-23-19-22-16(13-5-3-2-4-6-13)11-17(25(19)24-18)14-7-9-15(20)10-8-14/h2-10,16-17H,11H2,1H3,(H2,21,22,23,24,26)/t16-,17+/m0/s1. The summed E-state index contributed by atoms with van der Waals surface area (Å²) >= 11 is 0. The fraction of sp³-hybridized carbons (Fsp3) is 0.211. The Morgan fingerprint density at radius 3 is 2.58 bits per heavy atom. The van der Waals surface area contributed by atoms with Crippen molar-refractivity contribution in [3.8, 4) is 0 Å². The van der Waals surface area contributed by atoms with Gasteiger partial charge in [-0.15, -0.1) is 5.10 Å². The van der Waals surface area contributed by atoms with E-state index in [9.17, 15) is 9.18 Å². The lowest BCUT2D eigenvalue weighted by Crippen LogP contribution is -2.28. The zero-order chi connectivity index (χ0) is 18.1. The second-order valence-corrected chi connectivity index (χ2v) is 6.30. The van der Waals surface area contributed by atoms with Crippen LogP contribution < -0.4 is 10.6 Å². The Bertz CT molecular complexity index is 923. The minimum absolute atomic E-state index is 0.0353. The molecule has 2 aromatic carbocycles. The minimum Gasteiger partial charge on any atom is -0.347 e. The Balaban J connectivity index is 1.75. The summed E-state index contributed by atoms with van der Waals surface area (Å²) in [5.74, 6) is 0.315. The highest BCUT2D eigenvalue weighted by Gasteiger charge is 2.31. The highest BCUT2D eigenvalue weighted by molar-refractivity contribution is 5.86. The Morgan fingerprint density at radius 1 is 1.15 bits per heavy atom. The highest BCUT2D eigenvalue weighted by Crippen LogP contribution is 2.38. The van der Waals surface area contributed by atoms with E-state index in [4.69, 9.17) is 0 Å². The lowest BCUT2D eigenvalue weighted by atomic mass is 9.93. The number of nitrogens with one attached hydrogen (secondary N) is 2. The minimum atomic E-state index is -0.278. The summed E-state index contributed by atoms with van der Waals surface area (Å²) in [4.78, 5) is 15.7. The molecule has 6 nitrogen and oxygen atoms in total. The summed E-state index contributed by atoms with van der Waals surface area (Å²) in [5.41, 5.74) is 2.07. The third-order valence-electron chi connectivity index (χ3n) is 4.43. The molecule has 0 spiro atoms. The predicted octanol–water partition coefficient (Wildman–Crippen LogP) is 3.52. The van der Waals surface area contributed by atoms with Gasteiger partial charge in [-0.1, -0.05) is 42.5 Å². The third-order valence-corrected chi connectivity index (χ3v) is 4.43. The molecule has 0 radical (unpaired) electrons. The first-order chi connectivity index (χ1) is 12.6. The van der Waals surface area contributed by atoms with Gasteiger partial charge in [0.1, 0.15) is 5.82 Å². The fourth-order valence-electron chi connectivity index (χ4n) is 3.25. The fourth-order valence-corrected chi connectivity index (χ4v) is 3.25. The summed E-state index contributed by atoms with van der Waals surface area (Å²) < 4.78 is 15.1. The van der Waals surface area contributed by atoms with Crippen LogP contribution in [-0.2, 0) is 4.79 Å². The molecule has 7 heteroatoms. The Hall–Kier alpha value is -3.22. The number of anilines is 2. The molecule has 26 heavy (non-hydrogen) atoms. The van der Waals surface area contributed by atoms with Crippen molar-refractivity contribution in [2.45, 2.75) is 25.4 Å². The van der Waals surface area contributed by atoms with Crippen LogP contribution >= 0.6 is 0 Å². The van der Waals surface area contributed by atoms with Gasteiger partial charge in [0.15, 0.2) is 0 Å². The van der Waals surface area contributed by atoms with Crippen LogP contribution in [0.15, 0.2) is 54.6 Å². The molecule has 2 atom stereocenters. The molecule has 1 amide bonds. The third kappa shape index (κ3) is 3.15. The van der Waals surface area contributed by atoms with Crippen molar-refractivity contribution in [2.24, 2.45) is 0 Å². The van der Waals surface area contributed by atoms with Crippen molar-refractivity contribution in [3.05, 3.63) is 71.5 Å². The van der Waals surface area contributed by atoms with Crippen molar-refractivity contribution < 1.29 is 9.18 Å². The van der Waals surface area contributed by atoms with Crippen LogP contribution in [-0.4, -0.2) is 20.7 Å². The topological polar surface area (TPSA) is 71.8 Å². The number of hydrogen-bond donors (Lipinski definition) is 2. The second-order valence-electron chi connectivity index (χ2n) is 6.30. The number of benzene rings is 2. The molecule has 0 saturated heterocycles. The lowest BCUT2D eigenvalue weighted by molar-refractivity contribution is -0.114. The SMILES string of the molecule is CC(=O)Nc1nc2n(n1)[C@@H](c1ccc(F)cc1)C[C@@H](c1ccccc1)N2. The molecule has 1 aliphatic heterocycles. The number of fused-ring (bicyclic) bond motifs is 1. The molecule has 0 unspecified atom stereocenters. The maximum absolute atomic E-state index is 13.3. The van der Waals surface area contributed by atoms with E-state index in [-0.39, 0.29) is 29.8 Å².